The number of ether oxygens (including phenoxy) is 1. The largest absolute Gasteiger partial charge is 0.465 e. The van der Waals surface area contributed by atoms with Crippen LogP contribution in [0.2, 0.25) is 0 Å². The normalized spacial score (nSPS) is 22.8. The molecule has 1 aromatic carbocycles. The van der Waals surface area contributed by atoms with E-state index in [1.807, 2.05) is 12.1 Å². The maximum atomic E-state index is 11.6. The Kier molecular flexibility index (Phi) is 3.53. The van der Waals surface area contributed by atoms with Gasteiger partial charge in [-0.25, -0.2) is 4.79 Å². The number of nitrogens with zero attached hydrogens (tertiary/aromatic N) is 1. The third kappa shape index (κ3) is 2.58. The van der Waals surface area contributed by atoms with Gasteiger partial charge in [-0.05, 0) is 31.4 Å². The van der Waals surface area contributed by atoms with Gasteiger partial charge in [-0.3, -0.25) is 4.90 Å². The summed E-state index contributed by atoms with van der Waals surface area (Å²) in [5, 5.41) is 3.47. The molecule has 2 aliphatic rings. The summed E-state index contributed by atoms with van der Waals surface area (Å²) in [6.07, 6.45) is 3.80. The van der Waals surface area contributed by atoms with Gasteiger partial charge in [0.05, 0.1) is 24.0 Å². The van der Waals surface area contributed by atoms with Gasteiger partial charge < -0.3 is 15.8 Å². The van der Waals surface area contributed by atoms with Gasteiger partial charge in [0, 0.05) is 25.2 Å². The van der Waals surface area contributed by atoms with Crippen molar-refractivity contribution in [1.29, 1.82) is 0 Å². The maximum absolute atomic E-state index is 11.6. The van der Waals surface area contributed by atoms with Gasteiger partial charge in [0.15, 0.2) is 0 Å². The lowest BCUT2D eigenvalue weighted by atomic mass is 10.1. The van der Waals surface area contributed by atoms with E-state index in [4.69, 9.17) is 10.5 Å². The molecule has 0 bridgehead atoms. The van der Waals surface area contributed by atoms with E-state index in [-0.39, 0.29) is 0 Å². The van der Waals surface area contributed by atoms with Crippen molar-refractivity contribution in [3.8, 4) is 0 Å². The van der Waals surface area contributed by atoms with Gasteiger partial charge in [-0.2, -0.15) is 0 Å². The summed E-state index contributed by atoms with van der Waals surface area (Å²) in [7, 11) is 1.37. The number of nitrogens with one attached hydrogen (secondary N) is 1. The molecule has 1 heterocycles. The molecule has 5 nitrogen and oxygen atoms in total. The fourth-order valence-electron chi connectivity index (χ4n) is 2.88. The molecular weight excluding hydrogens is 254 g/mol. The number of methoxy groups -OCH3 is 1. The van der Waals surface area contributed by atoms with E-state index >= 15 is 0 Å². The van der Waals surface area contributed by atoms with Crippen LogP contribution in [0.25, 0.3) is 0 Å². The van der Waals surface area contributed by atoms with E-state index in [0.717, 1.165) is 31.2 Å². The Hall–Kier alpha value is -1.75. The van der Waals surface area contributed by atoms with Crippen molar-refractivity contribution in [3.63, 3.8) is 0 Å². The predicted octanol–water partition coefficient (Wildman–Crippen LogP) is 1.70. The molecule has 1 aliphatic heterocycles. The third-order valence-corrected chi connectivity index (χ3v) is 4.15. The van der Waals surface area contributed by atoms with Crippen molar-refractivity contribution in [1.82, 2.24) is 4.90 Å². The molecule has 0 amide bonds. The average Bonchev–Trinajstić information content (AvgIpc) is 3.21. The highest BCUT2D eigenvalue weighted by Gasteiger charge is 2.34. The van der Waals surface area contributed by atoms with Crippen LogP contribution < -0.4 is 11.1 Å². The van der Waals surface area contributed by atoms with E-state index in [0.29, 0.717) is 17.3 Å². The van der Waals surface area contributed by atoms with E-state index in [1.165, 1.54) is 20.0 Å². The Morgan fingerprint density at radius 1 is 1.40 bits per heavy atom. The van der Waals surface area contributed by atoms with E-state index < -0.39 is 5.97 Å². The Morgan fingerprint density at radius 2 is 2.20 bits per heavy atom. The highest BCUT2D eigenvalue weighted by atomic mass is 16.5. The zero-order valence-corrected chi connectivity index (χ0v) is 11.8. The molecule has 20 heavy (non-hydrogen) atoms. The Bertz CT molecular complexity index is 514. The molecule has 1 unspecified atom stereocenters. The highest BCUT2D eigenvalue weighted by molar-refractivity contribution is 5.98. The lowest BCUT2D eigenvalue weighted by molar-refractivity contribution is 0.0602. The van der Waals surface area contributed by atoms with Crippen LogP contribution in [0.3, 0.4) is 0 Å². The van der Waals surface area contributed by atoms with Crippen LogP contribution in [0.15, 0.2) is 18.2 Å². The van der Waals surface area contributed by atoms with Crippen molar-refractivity contribution in [3.05, 3.63) is 23.8 Å². The first kappa shape index (κ1) is 13.2. The zero-order chi connectivity index (χ0) is 14.1. The highest BCUT2D eigenvalue weighted by Crippen LogP contribution is 2.31. The molecule has 3 N–H and O–H groups in total. The topological polar surface area (TPSA) is 67.6 Å². The number of nitrogens with two attached hydrogens (primary N) is 1. The van der Waals surface area contributed by atoms with E-state index in [2.05, 4.69) is 10.2 Å². The molecule has 1 aromatic rings. The summed E-state index contributed by atoms with van der Waals surface area (Å²) in [6, 6.07) is 6.66. The molecule has 1 saturated carbocycles. The van der Waals surface area contributed by atoms with Crippen molar-refractivity contribution in [2.75, 3.05) is 31.2 Å². The van der Waals surface area contributed by atoms with Crippen LogP contribution in [0.1, 0.15) is 29.6 Å². The lowest BCUT2D eigenvalue weighted by Crippen LogP contribution is -2.28. The fraction of sp³-hybridized carbons (Fsp3) is 0.533. The summed E-state index contributed by atoms with van der Waals surface area (Å²) in [5.41, 5.74) is 7.80. The molecule has 3 rings (SSSR count). The second-order valence-corrected chi connectivity index (χ2v) is 5.61. The average molecular weight is 275 g/mol. The maximum Gasteiger partial charge on any atom is 0.340 e. The van der Waals surface area contributed by atoms with Gasteiger partial charge in [0.1, 0.15) is 0 Å². The van der Waals surface area contributed by atoms with Crippen molar-refractivity contribution in [2.24, 2.45) is 0 Å². The SMILES string of the molecule is COC(=O)c1cccc(NC2CCN(C3CC3)C2)c1N. The third-order valence-electron chi connectivity index (χ3n) is 4.15. The Balaban J connectivity index is 1.69. The van der Waals surface area contributed by atoms with Crippen LogP contribution in [0.5, 0.6) is 0 Å². The monoisotopic (exact) mass is 275 g/mol. The summed E-state index contributed by atoms with van der Waals surface area (Å²) in [5.74, 6) is -0.392. The van der Waals surface area contributed by atoms with Gasteiger partial charge in [0.25, 0.3) is 0 Å². The zero-order valence-electron chi connectivity index (χ0n) is 11.8. The van der Waals surface area contributed by atoms with Crippen molar-refractivity contribution >= 4 is 17.3 Å². The number of rotatable bonds is 4. The second kappa shape index (κ2) is 5.32. The van der Waals surface area contributed by atoms with Crippen molar-refractivity contribution < 1.29 is 9.53 Å². The molecule has 1 atom stereocenters. The molecule has 0 radical (unpaired) electrons. The molecule has 1 saturated heterocycles. The fourth-order valence-corrected chi connectivity index (χ4v) is 2.88. The predicted molar refractivity (Wildman–Crippen MR) is 78.8 cm³/mol. The summed E-state index contributed by atoms with van der Waals surface area (Å²) in [4.78, 5) is 14.2. The van der Waals surface area contributed by atoms with Crippen molar-refractivity contribution in [2.45, 2.75) is 31.3 Å². The number of nitrogen functional groups attached to an aromatic ring is 1. The quantitative estimate of drug-likeness (QED) is 0.646. The number of esters is 1. The molecule has 0 spiro atoms. The minimum absolute atomic E-state index is 0.392. The Morgan fingerprint density at radius 3 is 2.90 bits per heavy atom. The summed E-state index contributed by atoms with van der Waals surface area (Å²) >= 11 is 0. The van der Waals surface area contributed by atoms with Crippen LogP contribution in [-0.4, -0.2) is 43.2 Å². The van der Waals surface area contributed by atoms with Crippen LogP contribution in [0, 0.1) is 0 Å². The minimum atomic E-state index is -0.392. The number of anilines is 2. The first-order valence-corrected chi connectivity index (χ1v) is 7.16. The Labute approximate surface area is 119 Å². The van der Waals surface area contributed by atoms with E-state index in [9.17, 15) is 4.79 Å². The number of hydrogen-bond donors (Lipinski definition) is 2. The molecule has 1 aliphatic carbocycles. The number of para-hydroxylation sites is 1. The van der Waals surface area contributed by atoms with Crippen LogP contribution >= 0.6 is 0 Å². The van der Waals surface area contributed by atoms with E-state index in [1.54, 1.807) is 6.07 Å². The van der Waals surface area contributed by atoms with Crippen LogP contribution in [-0.2, 0) is 4.74 Å². The molecule has 5 heteroatoms. The lowest BCUT2D eigenvalue weighted by Gasteiger charge is -2.18. The molecule has 0 aromatic heterocycles. The molecule has 2 fully saturated rings. The standard InChI is InChI=1S/C15H21N3O2/c1-20-15(19)12-3-2-4-13(14(12)16)17-10-7-8-18(9-10)11-5-6-11/h2-4,10-11,17H,5-9,16H2,1H3. The van der Waals surface area contributed by atoms with Crippen LogP contribution in [0.4, 0.5) is 11.4 Å². The number of hydrogen-bond acceptors (Lipinski definition) is 5. The second-order valence-electron chi connectivity index (χ2n) is 5.61. The number of carbonyl (C=O) groups excluding carboxylic acids is 1. The number of benzene rings is 1. The van der Waals surface area contributed by atoms with Gasteiger partial charge in [-0.15, -0.1) is 0 Å². The van der Waals surface area contributed by atoms with Gasteiger partial charge >= 0.3 is 5.97 Å². The first-order valence-electron chi connectivity index (χ1n) is 7.16. The summed E-state index contributed by atoms with van der Waals surface area (Å²) < 4.78 is 4.74. The number of carbonyl (C=O) groups is 1. The molecule has 108 valence electrons. The minimum Gasteiger partial charge on any atom is -0.465 e. The molecular formula is C15H21N3O2. The van der Waals surface area contributed by atoms with Gasteiger partial charge in [0.2, 0.25) is 0 Å². The van der Waals surface area contributed by atoms with Gasteiger partial charge in [-0.1, -0.05) is 6.07 Å². The summed E-state index contributed by atoms with van der Waals surface area (Å²) in [6.45, 7) is 2.21. The first-order chi connectivity index (χ1) is 9.69. The smallest absolute Gasteiger partial charge is 0.340 e. The number of likely N-dealkylation sites (tertiary alicyclic amines) is 1.